The van der Waals surface area contributed by atoms with Crippen molar-refractivity contribution in [3.8, 4) is 0 Å². The van der Waals surface area contributed by atoms with Crippen LogP contribution in [0.5, 0.6) is 0 Å². The summed E-state index contributed by atoms with van der Waals surface area (Å²) in [6.45, 7) is 1.92. The minimum absolute atomic E-state index is 0.832. The van der Waals surface area contributed by atoms with E-state index < -0.39 is 0 Å². The predicted molar refractivity (Wildman–Crippen MR) is 81.8 cm³/mol. The maximum atomic E-state index is 4.38. The first-order valence-electron chi connectivity index (χ1n) is 6.40. The van der Waals surface area contributed by atoms with Crippen molar-refractivity contribution in [1.29, 1.82) is 0 Å². The zero-order valence-corrected chi connectivity index (χ0v) is 11.1. The summed E-state index contributed by atoms with van der Waals surface area (Å²) in [4.78, 5) is 8.65. The summed E-state index contributed by atoms with van der Waals surface area (Å²) in [6.07, 6.45) is 3.54. The fourth-order valence-electron chi connectivity index (χ4n) is 1.97. The van der Waals surface area contributed by atoms with Gasteiger partial charge < -0.3 is 0 Å². The van der Waals surface area contributed by atoms with Gasteiger partial charge in [-0.3, -0.25) is 15.4 Å². The Hall–Kier alpha value is -2.75. The van der Waals surface area contributed by atoms with Gasteiger partial charge in [-0.2, -0.15) is 5.10 Å². The maximum absolute atomic E-state index is 4.38. The van der Waals surface area contributed by atoms with E-state index in [0.29, 0.717) is 0 Å². The van der Waals surface area contributed by atoms with Crippen LogP contribution in [0.2, 0.25) is 0 Å². The fourth-order valence-corrected chi connectivity index (χ4v) is 1.97. The van der Waals surface area contributed by atoms with Crippen molar-refractivity contribution >= 4 is 22.3 Å². The van der Waals surface area contributed by atoms with Gasteiger partial charge in [0.2, 0.25) is 0 Å². The van der Waals surface area contributed by atoms with E-state index in [-0.39, 0.29) is 0 Å². The molecule has 0 bridgehead atoms. The van der Waals surface area contributed by atoms with Crippen molar-refractivity contribution in [2.24, 2.45) is 5.10 Å². The number of benzene rings is 1. The van der Waals surface area contributed by atoms with Crippen molar-refractivity contribution in [2.45, 2.75) is 6.92 Å². The van der Waals surface area contributed by atoms with E-state index in [0.717, 1.165) is 28.0 Å². The standard InChI is InChI=1S/C16H14N4/c1-12(14-8-2-3-10-17-14)19-20-15-9-4-6-13-7-5-11-18-16(13)15/h2-11,20H,1H3. The van der Waals surface area contributed by atoms with E-state index in [2.05, 4.69) is 20.5 Å². The van der Waals surface area contributed by atoms with Crippen molar-refractivity contribution < 1.29 is 0 Å². The molecular weight excluding hydrogens is 248 g/mol. The summed E-state index contributed by atoms with van der Waals surface area (Å²) in [5.74, 6) is 0. The lowest BCUT2D eigenvalue weighted by Gasteiger charge is -2.06. The normalized spacial score (nSPS) is 11.6. The van der Waals surface area contributed by atoms with E-state index in [9.17, 15) is 0 Å². The maximum Gasteiger partial charge on any atom is 0.0951 e. The number of anilines is 1. The van der Waals surface area contributed by atoms with Crippen LogP contribution in [0.4, 0.5) is 5.69 Å². The number of hydrogen-bond acceptors (Lipinski definition) is 4. The van der Waals surface area contributed by atoms with E-state index in [4.69, 9.17) is 0 Å². The highest BCUT2D eigenvalue weighted by molar-refractivity contribution is 5.98. The molecule has 1 N–H and O–H groups in total. The van der Waals surface area contributed by atoms with Crippen LogP contribution >= 0.6 is 0 Å². The molecule has 3 rings (SSSR count). The van der Waals surface area contributed by atoms with Crippen LogP contribution in [-0.2, 0) is 0 Å². The minimum Gasteiger partial charge on any atom is -0.276 e. The Balaban J connectivity index is 1.91. The smallest absolute Gasteiger partial charge is 0.0951 e. The van der Waals surface area contributed by atoms with Crippen molar-refractivity contribution in [3.63, 3.8) is 0 Å². The Morgan fingerprint density at radius 1 is 0.950 bits per heavy atom. The van der Waals surface area contributed by atoms with Crippen molar-refractivity contribution in [1.82, 2.24) is 9.97 Å². The van der Waals surface area contributed by atoms with Gasteiger partial charge in [0, 0.05) is 17.8 Å². The molecule has 0 atom stereocenters. The Morgan fingerprint density at radius 3 is 2.65 bits per heavy atom. The summed E-state index contributed by atoms with van der Waals surface area (Å²) >= 11 is 0. The highest BCUT2D eigenvalue weighted by atomic mass is 15.3. The van der Waals surface area contributed by atoms with Crippen LogP contribution in [0.1, 0.15) is 12.6 Å². The molecule has 0 fully saturated rings. The molecule has 0 aliphatic rings. The second-order valence-electron chi connectivity index (χ2n) is 4.40. The molecule has 2 aromatic heterocycles. The molecule has 0 aliphatic carbocycles. The Labute approximate surface area is 117 Å². The minimum atomic E-state index is 0.832. The number of para-hydroxylation sites is 1. The third-order valence-electron chi connectivity index (χ3n) is 3.01. The Morgan fingerprint density at radius 2 is 1.80 bits per heavy atom. The Bertz CT molecular complexity index is 745. The fraction of sp³-hybridized carbons (Fsp3) is 0.0625. The third kappa shape index (κ3) is 2.49. The first kappa shape index (κ1) is 12.3. The molecule has 4 nitrogen and oxygen atoms in total. The molecule has 0 spiro atoms. The SMILES string of the molecule is CC(=NNc1cccc2cccnc12)c1ccccn1. The molecule has 3 aromatic rings. The molecule has 2 heterocycles. The van der Waals surface area contributed by atoms with Crippen LogP contribution in [0.25, 0.3) is 10.9 Å². The number of fused-ring (bicyclic) bond motifs is 1. The lowest BCUT2D eigenvalue weighted by Crippen LogP contribution is -2.02. The van der Waals surface area contributed by atoms with Gasteiger partial charge in [0.05, 0.1) is 22.6 Å². The molecule has 4 heteroatoms. The van der Waals surface area contributed by atoms with E-state index in [1.54, 1.807) is 12.4 Å². The summed E-state index contributed by atoms with van der Waals surface area (Å²) in [5, 5.41) is 5.47. The second kappa shape index (κ2) is 5.48. The van der Waals surface area contributed by atoms with E-state index >= 15 is 0 Å². The monoisotopic (exact) mass is 262 g/mol. The zero-order chi connectivity index (χ0) is 13.8. The van der Waals surface area contributed by atoms with Crippen LogP contribution < -0.4 is 5.43 Å². The van der Waals surface area contributed by atoms with Gasteiger partial charge in [0.25, 0.3) is 0 Å². The zero-order valence-electron chi connectivity index (χ0n) is 11.1. The largest absolute Gasteiger partial charge is 0.276 e. The number of hydrazone groups is 1. The summed E-state index contributed by atoms with van der Waals surface area (Å²) in [6, 6.07) is 15.7. The van der Waals surface area contributed by atoms with Gasteiger partial charge in [-0.25, -0.2) is 0 Å². The average Bonchev–Trinajstić information content (AvgIpc) is 2.53. The van der Waals surface area contributed by atoms with Crippen molar-refractivity contribution in [3.05, 3.63) is 66.6 Å². The number of rotatable bonds is 3. The third-order valence-corrected chi connectivity index (χ3v) is 3.01. The molecule has 0 saturated heterocycles. The summed E-state index contributed by atoms with van der Waals surface area (Å²) in [7, 11) is 0. The summed E-state index contributed by atoms with van der Waals surface area (Å²) < 4.78 is 0. The number of hydrogen-bond donors (Lipinski definition) is 1. The Kier molecular flexibility index (Phi) is 3.37. The molecule has 0 radical (unpaired) electrons. The molecular formula is C16H14N4. The number of pyridine rings is 2. The average molecular weight is 262 g/mol. The quantitative estimate of drug-likeness (QED) is 0.581. The summed E-state index contributed by atoms with van der Waals surface area (Å²) in [5.41, 5.74) is 6.56. The van der Waals surface area contributed by atoms with Crippen LogP contribution in [0.15, 0.2) is 66.0 Å². The van der Waals surface area contributed by atoms with Crippen LogP contribution in [0.3, 0.4) is 0 Å². The molecule has 0 aliphatic heterocycles. The molecule has 1 aromatic carbocycles. The molecule has 0 saturated carbocycles. The van der Waals surface area contributed by atoms with Gasteiger partial charge in [-0.15, -0.1) is 0 Å². The number of nitrogens with one attached hydrogen (secondary N) is 1. The van der Waals surface area contributed by atoms with E-state index in [1.807, 2.05) is 55.5 Å². The van der Waals surface area contributed by atoms with Crippen LogP contribution in [0, 0.1) is 0 Å². The van der Waals surface area contributed by atoms with Crippen LogP contribution in [-0.4, -0.2) is 15.7 Å². The predicted octanol–water partition coefficient (Wildman–Crippen LogP) is 3.47. The van der Waals surface area contributed by atoms with E-state index in [1.165, 1.54) is 0 Å². The van der Waals surface area contributed by atoms with Gasteiger partial charge >= 0.3 is 0 Å². The molecule has 20 heavy (non-hydrogen) atoms. The highest BCUT2D eigenvalue weighted by Crippen LogP contribution is 2.20. The van der Waals surface area contributed by atoms with Gasteiger partial charge in [-0.1, -0.05) is 24.3 Å². The van der Waals surface area contributed by atoms with Gasteiger partial charge in [-0.05, 0) is 31.2 Å². The highest BCUT2D eigenvalue weighted by Gasteiger charge is 2.01. The van der Waals surface area contributed by atoms with Crippen molar-refractivity contribution in [2.75, 3.05) is 5.43 Å². The molecule has 98 valence electrons. The topological polar surface area (TPSA) is 50.2 Å². The first-order chi connectivity index (χ1) is 9.84. The lowest BCUT2D eigenvalue weighted by atomic mass is 10.2. The number of aromatic nitrogens is 2. The molecule has 0 unspecified atom stereocenters. The second-order valence-corrected chi connectivity index (χ2v) is 4.40. The number of nitrogens with zero attached hydrogens (tertiary/aromatic N) is 3. The molecule has 0 amide bonds. The lowest BCUT2D eigenvalue weighted by molar-refractivity contribution is 1.25. The van der Waals surface area contributed by atoms with Gasteiger partial charge in [0.15, 0.2) is 0 Å². The first-order valence-corrected chi connectivity index (χ1v) is 6.40. The van der Waals surface area contributed by atoms with Gasteiger partial charge in [0.1, 0.15) is 0 Å².